The number of hydrogen-bond donors (Lipinski definition) is 2. The molecule has 0 aliphatic heterocycles. The Morgan fingerprint density at radius 2 is 1.72 bits per heavy atom. The number of rotatable bonds is 7. The predicted octanol–water partition coefficient (Wildman–Crippen LogP) is 3.33. The minimum atomic E-state index is -3.61. The van der Waals surface area contributed by atoms with Crippen LogP contribution in [0.15, 0.2) is 52.3 Å². The van der Waals surface area contributed by atoms with Crippen LogP contribution in [0.5, 0.6) is 0 Å². The van der Waals surface area contributed by atoms with Crippen molar-refractivity contribution in [1.82, 2.24) is 4.72 Å². The summed E-state index contributed by atoms with van der Waals surface area (Å²) >= 11 is 1.62. The Hall–Kier alpha value is -1.83. The first-order chi connectivity index (χ1) is 11.8. The van der Waals surface area contributed by atoms with Crippen LogP contribution in [0.1, 0.15) is 17.5 Å². The lowest BCUT2D eigenvalue weighted by Gasteiger charge is -2.09. The zero-order valence-electron chi connectivity index (χ0n) is 14.5. The van der Waals surface area contributed by atoms with Gasteiger partial charge in [0.15, 0.2) is 0 Å². The summed E-state index contributed by atoms with van der Waals surface area (Å²) in [5.41, 5.74) is 2.64. The molecule has 2 N–H and O–H groups in total. The number of aryl methyl sites for hydroxylation is 2. The minimum absolute atomic E-state index is 0.0456. The highest BCUT2D eigenvalue weighted by atomic mass is 32.2. The van der Waals surface area contributed by atoms with Crippen molar-refractivity contribution in [2.75, 3.05) is 18.1 Å². The fourth-order valence-corrected chi connectivity index (χ4v) is 3.69. The van der Waals surface area contributed by atoms with Crippen LogP contribution in [0.25, 0.3) is 0 Å². The van der Waals surface area contributed by atoms with E-state index in [1.54, 1.807) is 30.0 Å². The average Bonchev–Trinajstić information content (AvgIpc) is 2.57. The lowest BCUT2D eigenvalue weighted by Crippen LogP contribution is -2.28. The second-order valence-electron chi connectivity index (χ2n) is 5.67. The number of carbonyl (C=O) groups excluding carboxylic acids is 1. The summed E-state index contributed by atoms with van der Waals surface area (Å²) in [6.07, 6.45) is 2.05. The van der Waals surface area contributed by atoms with Crippen LogP contribution in [0.2, 0.25) is 0 Å². The molecule has 0 atom stereocenters. The maximum Gasteiger partial charge on any atom is 0.240 e. The van der Waals surface area contributed by atoms with E-state index in [0.717, 1.165) is 16.0 Å². The molecule has 0 fully saturated rings. The third kappa shape index (κ3) is 5.59. The van der Waals surface area contributed by atoms with E-state index < -0.39 is 10.0 Å². The molecule has 0 saturated carbocycles. The summed E-state index contributed by atoms with van der Waals surface area (Å²) < 4.78 is 27.0. The number of nitrogens with one attached hydrogen (secondary N) is 2. The Balaban J connectivity index is 1.87. The standard InChI is InChI=1S/C18H22N2O3S2/c1-13-4-9-17(12-14(13)2)25(22,23)19-11-10-18(21)20-15-5-7-16(24-3)8-6-15/h4-9,12,19H,10-11H2,1-3H3,(H,20,21). The van der Waals surface area contributed by atoms with Crippen molar-refractivity contribution >= 4 is 33.4 Å². The molecule has 2 aromatic rings. The van der Waals surface area contributed by atoms with Gasteiger partial charge in [-0.2, -0.15) is 0 Å². The molecule has 0 saturated heterocycles. The van der Waals surface area contributed by atoms with Crippen molar-refractivity contribution in [2.24, 2.45) is 0 Å². The van der Waals surface area contributed by atoms with Crippen LogP contribution in [-0.2, 0) is 14.8 Å². The summed E-state index contributed by atoms with van der Waals surface area (Å²) in [4.78, 5) is 13.3. The van der Waals surface area contributed by atoms with E-state index in [-0.39, 0.29) is 23.8 Å². The van der Waals surface area contributed by atoms with Crippen molar-refractivity contribution in [3.8, 4) is 0 Å². The predicted molar refractivity (Wildman–Crippen MR) is 103 cm³/mol. The van der Waals surface area contributed by atoms with Crippen molar-refractivity contribution in [3.63, 3.8) is 0 Å². The van der Waals surface area contributed by atoms with E-state index in [9.17, 15) is 13.2 Å². The molecule has 0 bridgehead atoms. The van der Waals surface area contributed by atoms with Crippen LogP contribution in [0.4, 0.5) is 5.69 Å². The molecule has 0 spiro atoms. The Morgan fingerprint density at radius 1 is 1.04 bits per heavy atom. The molecule has 134 valence electrons. The number of sulfonamides is 1. The van der Waals surface area contributed by atoms with E-state index in [1.165, 1.54) is 0 Å². The third-order valence-corrected chi connectivity index (χ3v) is 6.01. The molecule has 25 heavy (non-hydrogen) atoms. The van der Waals surface area contributed by atoms with Crippen molar-refractivity contribution < 1.29 is 13.2 Å². The highest BCUT2D eigenvalue weighted by molar-refractivity contribution is 7.98. The second-order valence-corrected chi connectivity index (χ2v) is 8.32. The molecule has 0 unspecified atom stereocenters. The van der Waals surface area contributed by atoms with Gasteiger partial charge in [-0.1, -0.05) is 6.07 Å². The second kappa shape index (κ2) is 8.51. The normalized spacial score (nSPS) is 11.3. The highest BCUT2D eigenvalue weighted by Gasteiger charge is 2.14. The lowest BCUT2D eigenvalue weighted by atomic mass is 10.1. The molecular weight excluding hydrogens is 356 g/mol. The van der Waals surface area contributed by atoms with Gasteiger partial charge in [-0.25, -0.2) is 13.1 Å². The third-order valence-electron chi connectivity index (χ3n) is 3.81. The van der Waals surface area contributed by atoms with Gasteiger partial charge in [0, 0.05) is 23.5 Å². The molecule has 0 aliphatic rings. The summed E-state index contributed by atoms with van der Waals surface area (Å²) in [6.45, 7) is 3.84. The van der Waals surface area contributed by atoms with Crippen molar-refractivity contribution in [2.45, 2.75) is 30.1 Å². The first-order valence-corrected chi connectivity index (χ1v) is 10.5. The molecule has 0 radical (unpaired) electrons. The fraction of sp³-hybridized carbons (Fsp3) is 0.278. The van der Waals surface area contributed by atoms with Crippen molar-refractivity contribution in [3.05, 3.63) is 53.6 Å². The highest BCUT2D eigenvalue weighted by Crippen LogP contribution is 2.17. The molecular formula is C18H22N2O3S2. The first-order valence-electron chi connectivity index (χ1n) is 7.82. The molecule has 1 amide bonds. The smallest absolute Gasteiger partial charge is 0.240 e. The Labute approximate surface area is 153 Å². The quantitative estimate of drug-likeness (QED) is 0.725. The van der Waals surface area contributed by atoms with Gasteiger partial charge < -0.3 is 5.32 Å². The lowest BCUT2D eigenvalue weighted by molar-refractivity contribution is -0.116. The number of anilines is 1. The van der Waals surface area contributed by atoms with Gasteiger partial charge >= 0.3 is 0 Å². The van der Waals surface area contributed by atoms with Crippen LogP contribution in [-0.4, -0.2) is 27.1 Å². The molecule has 2 rings (SSSR count). The summed E-state index contributed by atoms with van der Waals surface area (Å²) in [7, 11) is -3.61. The molecule has 0 heterocycles. The summed E-state index contributed by atoms with van der Waals surface area (Å²) in [6, 6.07) is 12.5. The minimum Gasteiger partial charge on any atom is -0.326 e. The van der Waals surface area contributed by atoms with Gasteiger partial charge in [0.1, 0.15) is 0 Å². The summed E-state index contributed by atoms with van der Waals surface area (Å²) in [5.74, 6) is -0.236. The van der Waals surface area contributed by atoms with E-state index >= 15 is 0 Å². The van der Waals surface area contributed by atoms with Gasteiger partial charge in [-0.3, -0.25) is 4.79 Å². The summed E-state index contributed by atoms with van der Waals surface area (Å²) in [5, 5.41) is 2.75. The van der Waals surface area contributed by atoms with Crippen LogP contribution >= 0.6 is 11.8 Å². The molecule has 0 aromatic heterocycles. The number of carbonyl (C=O) groups is 1. The molecule has 7 heteroatoms. The maximum absolute atomic E-state index is 12.3. The Morgan fingerprint density at radius 3 is 2.32 bits per heavy atom. The van der Waals surface area contributed by atoms with Gasteiger partial charge in [-0.05, 0) is 67.6 Å². The van der Waals surface area contributed by atoms with E-state index in [2.05, 4.69) is 10.0 Å². The SMILES string of the molecule is CSc1ccc(NC(=O)CCNS(=O)(=O)c2ccc(C)c(C)c2)cc1. The number of hydrogen-bond acceptors (Lipinski definition) is 4. The first kappa shape index (κ1) is 19.5. The number of thioether (sulfide) groups is 1. The average molecular weight is 379 g/mol. The molecule has 5 nitrogen and oxygen atoms in total. The van der Waals surface area contributed by atoms with Gasteiger partial charge in [0.2, 0.25) is 15.9 Å². The van der Waals surface area contributed by atoms with E-state index in [4.69, 9.17) is 0 Å². The zero-order chi connectivity index (χ0) is 18.4. The Bertz CT molecular complexity index is 847. The molecule has 0 aliphatic carbocycles. The largest absolute Gasteiger partial charge is 0.326 e. The fourth-order valence-electron chi connectivity index (χ4n) is 2.16. The topological polar surface area (TPSA) is 75.3 Å². The maximum atomic E-state index is 12.3. The monoisotopic (exact) mass is 378 g/mol. The zero-order valence-corrected chi connectivity index (χ0v) is 16.1. The van der Waals surface area contributed by atoms with Gasteiger partial charge in [-0.15, -0.1) is 11.8 Å². The Kier molecular flexibility index (Phi) is 6.64. The van der Waals surface area contributed by atoms with Crippen LogP contribution in [0.3, 0.4) is 0 Å². The van der Waals surface area contributed by atoms with Gasteiger partial charge in [0.25, 0.3) is 0 Å². The van der Waals surface area contributed by atoms with E-state index in [1.807, 2.05) is 44.4 Å². The molecule has 2 aromatic carbocycles. The number of benzene rings is 2. The number of amides is 1. The van der Waals surface area contributed by atoms with Crippen molar-refractivity contribution in [1.29, 1.82) is 0 Å². The van der Waals surface area contributed by atoms with Crippen LogP contribution in [0, 0.1) is 13.8 Å². The van der Waals surface area contributed by atoms with E-state index in [0.29, 0.717) is 5.69 Å². The van der Waals surface area contributed by atoms with Crippen LogP contribution < -0.4 is 10.0 Å². The van der Waals surface area contributed by atoms with Gasteiger partial charge in [0.05, 0.1) is 4.90 Å².